The van der Waals surface area contributed by atoms with Crippen molar-refractivity contribution < 1.29 is 0 Å². The van der Waals surface area contributed by atoms with E-state index in [1.807, 2.05) is 18.2 Å². The maximum atomic E-state index is 9.08. The van der Waals surface area contributed by atoms with E-state index in [-0.39, 0.29) is 5.54 Å². The molecule has 3 rings (SSSR count). The fourth-order valence-corrected chi connectivity index (χ4v) is 3.65. The number of piperazine rings is 1. The minimum Gasteiger partial charge on any atom is -0.363 e. The molecule has 2 fully saturated rings. The number of benzene rings is 1. The Morgan fingerprint density at radius 2 is 2.05 bits per heavy atom. The number of nitrogens with one attached hydrogen (secondary N) is 1. The normalized spacial score (nSPS) is 22.2. The lowest BCUT2D eigenvalue weighted by Gasteiger charge is -2.51. The molecule has 0 aromatic heterocycles. The first-order valence-electron chi connectivity index (χ1n) is 7.33. The molecule has 0 amide bonds. The van der Waals surface area contributed by atoms with Gasteiger partial charge >= 0.3 is 0 Å². The van der Waals surface area contributed by atoms with E-state index >= 15 is 0 Å². The molecular weight excluding hydrogens is 234 g/mol. The van der Waals surface area contributed by atoms with Gasteiger partial charge in [-0.15, -0.1) is 0 Å². The van der Waals surface area contributed by atoms with Crippen molar-refractivity contribution >= 4 is 5.69 Å². The molecule has 3 nitrogen and oxygen atoms in total. The third kappa shape index (κ3) is 2.33. The van der Waals surface area contributed by atoms with Crippen LogP contribution in [0.3, 0.4) is 0 Å². The van der Waals surface area contributed by atoms with Gasteiger partial charge in [0, 0.05) is 25.3 Å². The lowest BCUT2D eigenvalue weighted by atomic mass is 9.78. The molecular formula is C16H21N3. The SMILES string of the molecule is N#Cc1cccc(N2CCNCC23CCCCC3)c1. The topological polar surface area (TPSA) is 39.1 Å². The zero-order chi connectivity index (χ0) is 13.1. The van der Waals surface area contributed by atoms with Gasteiger partial charge < -0.3 is 10.2 Å². The fourth-order valence-electron chi connectivity index (χ4n) is 3.65. The third-order valence-corrected chi connectivity index (χ3v) is 4.61. The minimum atomic E-state index is 0.282. The van der Waals surface area contributed by atoms with Crippen LogP contribution in [0.25, 0.3) is 0 Å². The predicted octanol–water partition coefficient (Wildman–Crippen LogP) is 2.67. The van der Waals surface area contributed by atoms with Crippen LogP contribution in [0.1, 0.15) is 37.7 Å². The molecule has 1 saturated heterocycles. The van der Waals surface area contributed by atoms with Gasteiger partial charge in [0.15, 0.2) is 0 Å². The quantitative estimate of drug-likeness (QED) is 0.838. The second-order valence-electron chi connectivity index (χ2n) is 5.78. The summed E-state index contributed by atoms with van der Waals surface area (Å²) in [7, 11) is 0. The molecule has 1 heterocycles. The van der Waals surface area contributed by atoms with E-state index in [0.717, 1.165) is 25.2 Å². The number of rotatable bonds is 1. The minimum absolute atomic E-state index is 0.282. The van der Waals surface area contributed by atoms with E-state index in [2.05, 4.69) is 22.4 Å². The van der Waals surface area contributed by atoms with E-state index in [1.54, 1.807) is 0 Å². The van der Waals surface area contributed by atoms with Crippen LogP contribution < -0.4 is 10.2 Å². The van der Waals surface area contributed by atoms with Crippen LogP contribution >= 0.6 is 0 Å². The summed E-state index contributed by atoms with van der Waals surface area (Å²) in [6.07, 6.45) is 6.58. The number of anilines is 1. The standard InChI is InChI=1S/C16H21N3/c17-12-14-5-4-6-15(11-14)19-10-9-18-13-16(19)7-2-1-3-8-16/h4-6,11,18H,1-3,7-10,13H2. The van der Waals surface area contributed by atoms with Gasteiger partial charge in [-0.3, -0.25) is 0 Å². The predicted molar refractivity (Wildman–Crippen MR) is 77.2 cm³/mol. The van der Waals surface area contributed by atoms with Crippen LogP contribution in [-0.2, 0) is 0 Å². The maximum absolute atomic E-state index is 9.08. The summed E-state index contributed by atoms with van der Waals surface area (Å²) in [5.41, 5.74) is 2.27. The Hall–Kier alpha value is -1.53. The zero-order valence-electron chi connectivity index (χ0n) is 11.4. The largest absolute Gasteiger partial charge is 0.363 e. The zero-order valence-corrected chi connectivity index (χ0v) is 11.4. The first-order valence-corrected chi connectivity index (χ1v) is 7.33. The van der Waals surface area contributed by atoms with Gasteiger partial charge in [-0.2, -0.15) is 5.26 Å². The highest BCUT2D eigenvalue weighted by Gasteiger charge is 2.39. The molecule has 1 N–H and O–H groups in total. The summed E-state index contributed by atoms with van der Waals surface area (Å²) in [5.74, 6) is 0. The first kappa shape index (κ1) is 12.5. The number of hydrogen-bond donors (Lipinski definition) is 1. The average molecular weight is 255 g/mol. The molecule has 19 heavy (non-hydrogen) atoms. The summed E-state index contributed by atoms with van der Waals surface area (Å²) >= 11 is 0. The summed E-state index contributed by atoms with van der Waals surface area (Å²) in [5, 5.41) is 12.6. The fraction of sp³-hybridized carbons (Fsp3) is 0.562. The average Bonchev–Trinajstić information content (AvgIpc) is 2.49. The van der Waals surface area contributed by atoms with Crippen LogP contribution in [0, 0.1) is 11.3 Å². The van der Waals surface area contributed by atoms with Gasteiger partial charge in [-0.1, -0.05) is 25.3 Å². The lowest BCUT2D eigenvalue weighted by Crippen LogP contribution is -2.62. The molecule has 0 unspecified atom stereocenters. The molecule has 1 aromatic rings. The molecule has 1 saturated carbocycles. The monoisotopic (exact) mass is 255 g/mol. The van der Waals surface area contributed by atoms with Crippen LogP contribution in [0.15, 0.2) is 24.3 Å². The van der Waals surface area contributed by atoms with E-state index in [4.69, 9.17) is 5.26 Å². The Morgan fingerprint density at radius 3 is 2.84 bits per heavy atom. The van der Waals surface area contributed by atoms with E-state index in [0.29, 0.717) is 0 Å². The second-order valence-corrected chi connectivity index (χ2v) is 5.78. The lowest BCUT2D eigenvalue weighted by molar-refractivity contribution is 0.241. The van der Waals surface area contributed by atoms with Crippen LogP contribution in [-0.4, -0.2) is 25.2 Å². The van der Waals surface area contributed by atoms with E-state index in [9.17, 15) is 0 Å². The molecule has 100 valence electrons. The smallest absolute Gasteiger partial charge is 0.0992 e. The Bertz CT molecular complexity index is 475. The Balaban J connectivity index is 1.93. The first-order chi connectivity index (χ1) is 9.34. The molecule has 0 atom stereocenters. The number of nitriles is 1. The molecule has 1 aromatic carbocycles. The summed E-state index contributed by atoms with van der Waals surface area (Å²) in [4.78, 5) is 2.56. The van der Waals surface area contributed by atoms with Crippen molar-refractivity contribution in [1.82, 2.24) is 5.32 Å². The molecule has 1 aliphatic heterocycles. The molecule has 0 radical (unpaired) electrons. The summed E-state index contributed by atoms with van der Waals surface area (Å²) < 4.78 is 0. The molecule has 2 aliphatic rings. The van der Waals surface area contributed by atoms with Crippen molar-refractivity contribution in [3.05, 3.63) is 29.8 Å². The number of nitrogens with zero attached hydrogens (tertiary/aromatic N) is 2. The Morgan fingerprint density at radius 1 is 1.21 bits per heavy atom. The molecule has 0 bridgehead atoms. The molecule has 1 aliphatic carbocycles. The van der Waals surface area contributed by atoms with E-state index < -0.39 is 0 Å². The Kier molecular flexibility index (Phi) is 3.44. The van der Waals surface area contributed by atoms with Crippen molar-refractivity contribution in [2.75, 3.05) is 24.5 Å². The summed E-state index contributed by atoms with van der Waals surface area (Å²) in [6, 6.07) is 10.3. The van der Waals surface area contributed by atoms with Crippen molar-refractivity contribution in [1.29, 1.82) is 5.26 Å². The highest BCUT2D eigenvalue weighted by molar-refractivity contribution is 5.54. The van der Waals surface area contributed by atoms with Gasteiger partial charge in [0.25, 0.3) is 0 Å². The van der Waals surface area contributed by atoms with Crippen molar-refractivity contribution in [3.63, 3.8) is 0 Å². The van der Waals surface area contributed by atoms with E-state index in [1.165, 1.54) is 37.8 Å². The maximum Gasteiger partial charge on any atom is 0.0992 e. The van der Waals surface area contributed by atoms with Gasteiger partial charge in [-0.05, 0) is 31.0 Å². The molecule has 1 spiro atoms. The van der Waals surface area contributed by atoms with Gasteiger partial charge in [0.1, 0.15) is 0 Å². The van der Waals surface area contributed by atoms with Crippen molar-refractivity contribution in [2.45, 2.75) is 37.6 Å². The van der Waals surface area contributed by atoms with Gasteiger partial charge in [0.2, 0.25) is 0 Å². The van der Waals surface area contributed by atoms with Crippen molar-refractivity contribution in [2.24, 2.45) is 0 Å². The van der Waals surface area contributed by atoms with Crippen LogP contribution in [0.4, 0.5) is 5.69 Å². The van der Waals surface area contributed by atoms with Crippen molar-refractivity contribution in [3.8, 4) is 6.07 Å². The second kappa shape index (κ2) is 5.22. The highest BCUT2D eigenvalue weighted by atomic mass is 15.3. The number of hydrogen-bond acceptors (Lipinski definition) is 3. The highest BCUT2D eigenvalue weighted by Crippen LogP contribution is 2.37. The van der Waals surface area contributed by atoms with Gasteiger partial charge in [-0.25, -0.2) is 0 Å². The van der Waals surface area contributed by atoms with Crippen LogP contribution in [0.5, 0.6) is 0 Å². The third-order valence-electron chi connectivity index (χ3n) is 4.61. The Labute approximate surface area is 115 Å². The van der Waals surface area contributed by atoms with Gasteiger partial charge in [0.05, 0.1) is 17.2 Å². The summed E-state index contributed by atoms with van der Waals surface area (Å²) in [6.45, 7) is 3.18. The van der Waals surface area contributed by atoms with Crippen LogP contribution in [0.2, 0.25) is 0 Å². The molecule has 3 heteroatoms.